The Morgan fingerprint density at radius 2 is 1.86 bits per heavy atom. The first-order valence-corrected chi connectivity index (χ1v) is 7.56. The zero-order valence-corrected chi connectivity index (χ0v) is 14.0. The molecule has 128 valence electrons. The van der Waals surface area contributed by atoms with E-state index in [0.29, 0.717) is 0 Å². The molecule has 3 N–H and O–H groups in total. The Bertz CT molecular complexity index is 411. The van der Waals surface area contributed by atoms with Gasteiger partial charge in [-0.05, 0) is 26.7 Å². The highest BCUT2D eigenvalue weighted by molar-refractivity contribution is 5.73. The first kappa shape index (κ1) is 18.7. The second kappa shape index (κ2) is 6.83. The van der Waals surface area contributed by atoms with Crippen LogP contribution in [0.3, 0.4) is 0 Å². The summed E-state index contributed by atoms with van der Waals surface area (Å²) >= 11 is 0. The molecule has 0 bridgehead atoms. The number of amides is 1. The summed E-state index contributed by atoms with van der Waals surface area (Å²) < 4.78 is 5.28. The third-order valence-electron chi connectivity index (χ3n) is 3.62. The van der Waals surface area contributed by atoms with Gasteiger partial charge in [0.1, 0.15) is 5.60 Å². The highest BCUT2D eigenvalue weighted by atomic mass is 16.6. The number of carboxylic acid groups (broad SMARTS) is 1. The van der Waals surface area contributed by atoms with Gasteiger partial charge in [-0.1, -0.05) is 13.8 Å². The van der Waals surface area contributed by atoms with E-state index < -0.39 is 23.2 Å². The van der Waals surface area contributed by atoms with Crippen LogP contribution in [0.5, 0.6) is 0 Å². The van der Waals surface area contributed by atoms with E-state index in [4.69, 9.17) is 9.84 Å². The molecule has 1 fully saturated rings. The zero-order valence-electron chi connectivity index (χ0n) is 14.0. The van der Waals surface area contributed by atoms with Gasteiger partial charge in [0, 0.05) is 19.1 Å². The van der Waals surface area contributed by atoms with Gasteiger partial charge in [0.2, 0.25) is 0 Å². The SMILES string of the molecule is CC(C)C(CO)NC1(CC(=O)O)CN(C(=O)OC(C)(C)C)C1. The van der Waals surface area contributed by atoms with Crippen molar-refractivity contribution in [1.29, 1.82) is 0 Å². The van der Waals surface area contributed by atoms with Crippen LogP contribution >= 0.6 is 0 Å². The zero-order chi connectivity index (χ0) is 17.1. The van der Waals surface area contributed by atoms with Crippen molar-refractivity contribution in [2.24, 2.45) is 5.92 Å². The normalized spacial score (nSPS) is 18.8. The highest BCUT2D eigenvalue weighted by Gasteiger charge is 2.49. The second-order valence-electron chi connectivity index (χ2n) is 7.36. The minimum atomic E-state index is -0.934. The van der Waals surface area contributed by atoms with Crippen molar-refractivity contribution in [3.63, 3.8) is 0 Å². The Kier molecular flexibility index (Phi) is 5.81. The Balaban J connectivity index is 2.71. The fourth-order valence-electron chi connectivity index (χ4n) is 2.50. The summed E-state index contributed by atoms with van der Waals surface area (Å²) in [4.78, 5) is 24.6. The maximum absolute atomic E-state index is 12.0. The summed E-state index contributed by atoms with van der Waals surface area (Å²) in [5.74, 6) is -0.775. The molecule has 1 unspecified atom stereocenters. The van der Waals surface area contributed by atoms with E-state index in [1.807, 2.05) is 13.8 Å². The maximum atomic E-state index is 12.0. The van der Waals surface area contributed by atoms with Crippen molar-refractivity contribution in [1.82, 2.24) is 10.2 Å². The minimum absolute atomic E-state index is 0.0779. The summed E-state index contributed by atoms with van der Waals surface area (Å²) in [6.07, 6.45) is -0.546. The highest BCUT2D eigenvalue weighted by Crippen LogP contribution is 2.28. The van der Waals surface area contributed by atoms with Gasteiger partial charge in [-0.25, -0.2) is 4.79 Å². The summed E-state index contributed by atoms with van der Waals surface area (Å²) in [7, 11) is 0. The van der Waals surface area contributed by atoms with Gasteiger partial charge in [-0.2, -0.15) is 0 Å². The first-order valence-electron chi connectivity index (χ1n) is 7.56. The van der Waals surface area contributed by atoms with Gasteiger partial charge in [0.05, 0.1) is 18.6 Å². The standard InChI is InChI=1S/C15H28N2O5/c1-10(2)11(7-18)16-15(6-12(19)20)8-17(9-15)13(21)22-14(3,4)5/h10-11,16,18H,6-9H2,1-5H3,(H,19,20). The van der Waals surface area contributed by atoms with Crippen LogP contribution < -0.4 is 5.32 Å². The molecular weight excluding hydrogens is 288 g/mol. The third kappa shape index (κ3) is 5.14. The van der Waals surface area contributed by atoms with Crippen LogP contribution in [0.2, 0.25) is 0 Å². The smallest absolute Gasteiger partial charge is 0.410 e. The Morgan fingerprint density at radius 1 is 1.32 bits per heavy atom. The Labute approximate surface area is 131 Å². The number of nitrogens with one attached hydrogen (secondary N) is 1. The summed E-state index contributed by atoms with van der Waals surface area (Å²) in [5.41, 5.74) is -1.29. The number of ether oxygens (including phenoxy) is 1. The number of aliphatic hydroxyl groups is 1. The second-order valence-corrected chi connectivity index (χ2v) is 7.36. The topological polar surface area (TPSA) is 99.1 Å². The number of hydrogen-bond acceptors (Lipinski definition) is 5. The molecule has 7 heteroatoms. The number of carboxylic acids is 1. The van der Waals surface area contributed by atoms with Gasteiger partial charge in [0.25, 0.3) is 0 Å². The average Bonchev–Trinajstić information content (AvgIpc) is 2.28. The molecule has 1 aliphatic heterocycles. The lowest BCUT2D eigenvalue weighted by Gasteiger charge is -2.51. The Morgan fingerprint density at radius 3 is 2.23 bits per heavy atom. The van der Waals surface area contributed by atoms with E-state index in [0.717, 1.165) is 0 Å². The van der Waals surface area contributed by atoms with Crippen LogP contribution in [0.25, 0.3) is 0 Å². The summed E-state index contributed by atoms with van der Waals surface area (Å²) in [6, 6.07) is -0.208. The number of likely N-dealkylation sites (tertiary alicyclic amines) is 1. The predicted octanol–water partition coefficient (Wildman–Crippen LogP) is 1.06. The van der Waals surface area contributed by atoms with Crippen molar-refractivity contribution in [2.45, 2.75) is 58.2 Å². The van der Waals surface area contributed by atoms with Crippen LogP contribution in [-0.4, -0.2) is 64.1 Å². The molecule has 0 aromatic rings. The number of aliphatic hydroxyl groups excluding tert-OH is 1. The quantitative estimate of drug-likeness (QED) is 0.677. The molecule has 0 saturated carbocycles. The summed E-state index contributed by atoms with van der Waals surface area (Å²) in [6.45, 7) is 9.70. The molecule has 22 heavy (non-hydrogen) atoms. The van der Waals surface area contributed by atoms with Gasteiger partial charge in [0.15, 0.2) is 0 Å². The van der Waals surface area contributed by atoms with Gasteiger partial charge < -0.3 is 25.2 Å². The van der Waals surface area contributed by atoms with Crippen LogP contribution in [0, 0.1) is 5.92 Å². The molecule has 1 atom stereocenters. The van der Waals surface area contributed by atoms with E-state index in [-0.39, 0.29) is 38.1 Å². The van der Waals surface area contributed by atoms with E-state index in [2.05, 4.69) is 5.32 Å². The lowest BCUT2D eigenvalue weighted by Crippen LogP contribution is -2.73. The van der Waals surface area contributed by atoms with Crippen molar-refractivity contribution in [2.75, 3.05) is 19.7 Å². The molecule has 0 aromatic heterocycles. The molecule has 0 radical (unpaired) electrons. The number of nitrogens with zero attached hydrogens (tertiary/aromatic N) is 1. The first-order chi connectivity index (χ1) is 9.98. The fourth-order valence-corrected chi connectivity index (χ4v) is 2.50. The number of carbonyl (C=O) groups excluding carboxylic acids is 1. The van der Waals surface area contributed by atoms with E-state index in [9.17, 15) is 14.7 Å². The van der Waals surface area contributed by atoms with E-state index in [1.165, 1.54) is 4.90 Å². The van der Waals surface area contributed by atoms with E-state index >= 15 is 0 Å². The lowest BCUT2D eigenvalue weighted by molar-refractivity contribution is -0.141. The van der Waals surface area contributed by atoms with Crippen molar-refractivity contribution >= 4 is 12.1 Å². The van der Waals surface area contributed by atoms with Crippen molar-refractivity contribution in [3.05, 3.63) is 0 Å². The molecular formula is C15H28N2O5. The van der Waals surface area contributed by atoms with Crippen molar-refractivity contribution in [3.8, 4) is 0 Å². The van der Waals surface area contributed by atoms with Gasteiger partial charge in [-0.15, -0.1) is 0 Å². The van der Waals surface area contributed by atoms with Crippen LogP contribution in [-0.2, 0) is 9.53 Å². The summed E-state index contributed by atoms with van der Waals surface area (Å²) in [5, 5.41) is 21.8. The molecule has 7 nitrogen and oxygen atoms in total. The van der Waals surface area contributed by atoms with Crippen LogP contribution in [0.15, 0.2) is 0 Å². The van der Waals surface area contributed by atoms with Crippen LogP contribution in [0.1, 0.15) is 41.0 Å². The van der Waals surface area contributed by atoms with E-state index in [1.54, 1.807) is 20.8 Å². The lowest BCUT2D eigenvalue weighted by atomic mass is 9.84. The average molecular weight is 316 g/mol. The molecule has 1 rings (SSSR count). The predicted molar refractivity (Wildman–Crippen MR) is 81.6 cm³/mol. The molecule has 1 amide bonds. The molecule has 0 aliphatic carbocycles. The van der Waals surface area contributed by atoms with Gasteiger partial charge >= 0.3 is 12.1 Å². The van der Waals surface area contributed by atoms with Crippen molar-refractivity contribution < 1.29 is 24.5 Å². The molecule has 1 heterocycles. The number of aliphatic carboxylic acids is 1. The van der Waals surface area contributed by atoms with Crippen LogP contribution in [0.4, 0.5) is 4.79 Å². The number of hydrogen-bond donors (Lipinski definition) is 3. The Hall–Kier alpha value is -1.34. The molecule has 0 spiro atoms. The largest absolute Gasteiger partial charge is 0.481 e. The molecule has 0 aromatic carbocycles. The number of carbonyl (C=O) groups is 2. The molecule has 1 aliphatic rings. The maximum Gasteiger partial charge on any atom is 0.410 e. The molecule has 1 saturated heterocycles. The minimum Gasteiger partial charge on any atom is -0.481 e. The van der Waals surface area contributed by atoms with Gasteiger partial charge in [-0.3, -0.25) is 4.79 Å². The fraction of sp³-hybridized carbons (Fsp3) is 0.867. The monoisotopic (exact) mass is 316 g/mol. The third-order valence-corrected chi connectivity index (χ3v) is 3.62. The number of rotatable bonds is 6.